The van der Waals surface area contributed by atoms with E-state index in [4.69, 9.17) is 19.3 Å². The Hall–Kier alpha value is -0.160. The number of aliphatic hydroxyl groups is 1. The van der Waals surface area contributed by atoms with E-state index in [0.717, 1.165) is 0 Å². The van der Waals surface area contributed by atoms with Gasteiger partial charge in [-0.3, -0.25) is 0 Å². The molecule has 0 fully saturated rings. The van der Waals surface area contributed by atoms with Crippen molar-refractivity contribution in [2.45, 2.75) is 13.0 Å². The van der Waals surface area contributed by atoms with Crippen LogP contribution in [0.4, 0.5) is 0 Å². The zero-order valence-corrected chi connectivity index (χ0v) is 7.08. The molecule has 4 heteroatoms. The number of methoxy groups -OCH3 is 1. The first-order valence-electron chi connectivity index (χ1n) is 3.60. The van der Waals surface area contributed by atoms with Crippen LogP contribution in [0, 0.1) is 0 Å². The smallest absolute Gasteiger partial charge is 0.147 e. The summed E-state index contributed by atoms with van der Waals surface area (Å²) in [6.07, 6.45) is -0.155. The molecule has 0 unspecified atom stereocenters. The minimum Gasteiger partial charge on any atom is -0.394 e. The second-order valence-corrected chi connectivity index (χ2v) is 2.18. The molecule has 1 atom stereocenters. The van der Waals surface area contributed by atoms with Crippen molar-refractivity contribution in [1.29, 1.82) is 0 Å². The highest BCUT2D eigenvalue weighted by atomic mass is 16.7. The van der Waals surface area contributed by atoms with E-state index < -0.39 is 0 Å². The zero-order valence-electron chi connectivity index (χ0n) is 7.08. The third-order valence-electron chi connectivity index (χ3n) is 1.12. The van der Waals surface area contributed by atoms with Gasteiger partial charge in [-0.15, -0.1) is 0 Å². The highest BCUT2D eigenvalue weighted by Gasteiger charge is 1.97. The van der Waals surface area contributed by atoms with Crippen molar-refractivity contribution in [3.8, 4) is 0 Å². The van der Waals surface area contributed by atoms with Gasteiger partial charge in [-0.25, -0.2) is 0 Å². The molecule has 68 valence electrons. The predicted octanol–water partition coefficient (Wildman–Crippen LogP) is 0.00430. The number of rotatable bonds is 7. The summed E-state index contributed by atoms with van der Waals surface area (Å²) in [6.45, 7) is 3.10. The molecule has 1 N–H and O–H groups in total. The summed E-state index contributed by atoms with van der Waals surface area (Å²) in [5, 5.41) is 8.53. The molecular formula is C7H16O4. The Morgan fingerprint density at radius 1 is 1.36 bits per heavy atom. The molecule has 0 saturated heterocycles. The van der Waals surface area contributed by atoms with Crippen molar-refractivity contribution in [2.75, 3.05) is 33.7 Å². The van der Waals surface area contributed by atoms with Gasteiger partial charge < -0.3 is 19.3 Å². The predicted molar refractivity (Wildman–Crippen MR) is 40.3 cm³/mol. The van der Waals surface area contributed by atoms with E-state index >= 15 is 0 Å². The van der Waals surface area contributed by atoms with Crippen LogP contribution in [0.5, 0.6) is 0 Å². The summed E-state index contributed by atoms with van der Waals surface area (Å²) in [5.74, 6) is 0. The van der Waals surface area contributed by atoms with Gasteiger partial charge in [-0.05, 0) is 6.92 Å². The van der Waals surface area contributed by atoms with Crippen molar-refractivity contribution >= 4 is 0 Å². The Bertz CT molecular complexity index is 76.8. The first-order chi connectivity index (χ1) is 5.31. The lowest BCUT2D eigenvalue weighted by Gasteiger charge is -2.09. The third-order valence-corrected chi connectivity index (χ3v) is 1.12. The standard InChI is InChI=1S/C7H16O4/c1-7(5-8)11-6-10-4-3-9-2/h7-8H,3-6H2,1-2H3/t7-/m0/s1. The average Bonchev–Trinajstić information content (AvgIpc) is 2.04. The van der Waals surface area contributed by atoms with E-state index in [2.05, 4.69) is 0 Å². The first-order valence-corrected chi connectivity index (χ1v) is 3.60. The van der Waals surface area contributed by atoms with E-state index in [-0.39, 0.29) is 19.5 Å². The fourth-order valence-electron chi connectivity index (χ4n) is 0.418. The molecule has 0 spiro atoms. The highest BCUT2D eigenvalue weighted by Crippen LogP contribution is 1.88. The van der Waals surface area contributed by atoms with Gasteiger partial charge in [0, 0.05) is 7.11 Å². The molecule has 11 heavy (non-hydrogen) atoms. The summed E-state index contributed by atoms with van der Waals surface area (Å²) >= 11 is 0. The first kappa shape index (κ1) is 10.8. The van der Waals surface area contributed by atoms with Crippen LogP contribution < -0.4 is 0 Å². The summed E-state index contributed by atoms with van der Waals surface area (Å²) < 4.78 is 14.7. The Balaban J connectivity index is 2.89. The summed E-state index contributed by atoms with van der Waals surface area (Å²) in [4.78, 5) is 0. The molecule has 0 amide bonds. The van der Waals surface area contributed by atoms with E-state index in [1.165, 1.54) is 0 Å². The van der Waals surface area contributed by atoms with E-state index in [0.29, 0.717) is 13.2 Å². The molecule has 0 saturated carbocycles. The third kappa shape index (κ3) is 7.74. The van der Waals surface area contributed by atoms with Crippen LogP contribution in [0.25, 0.3) is 0 Å². The van der Waals surface area contributed by atoms with Crippen molar-refractivity contribution < 1.29 is 19.3 Å². The maximum atomic E-state index is 8.53. The number of aliphatic hydroxyl groups excluding tert-OH is 1. The second-order valence-electron chi connectivity index (χ2n) is 2.18. The number of hydrogen-bond acceptors (Lipinski definition) is 4. The fraction of sp³-hybridized carbons (Fsp3) is 1.00. The molecule has 0 aliphatic rings. The molecule has 0 aromatic heterocycles. The molecule has 0 radical (unpaired) electrons. The molecule has 0 bridgehead atoms. The van der Waals surface area contributed by atoms with Gasteiger partial charge in [0.2, 0.25) is 0 Å². The average molecular weight is 164 g/mol. The van der Waals surface area contributed by atoms with Crippen LogP contribution in [0.1, 0.15) is 6.92 Å². The molecule has 0 aliphatic heterocycles. The van der Waals surface area contributed by atoms with Crippen molar-refractivity contribution in [1.82, 2.24) is 0 Å². The van der Waals surface area contributed by atoms with Crippen LogP contribution in [0.3, 0.4) is 0 Å². The van der Waals surface area contributed by atoms with Crippen LogP contribution >= 0.6 is 0 Å². The summed E-state index contributed by atoms with van der Waals surface area (Å²) in [7, 11) is 1.61. The molecule has 0 aromatic carbocycles. The molecule has 0 aromatic rings. The molecule has 0 aliphatic carbocycles. The SMILES string of the molecule is COCCOCO[C@@H](C)CO. The minimum absolute atomic E-state index is 0.0215. The van der Waals surface area contributed by atoms with Crippen LogP contribution in [0.2, 0.25) is 0 Å². The summed E-state index contributed by atoms with van der Waals surface area (Å²) in [6, 6.07) is 0. The zero-order chi connectivity index (χ0) is 8.53. The maximum absolute atomic E-state index is 8.53. The Morgan fingerprint density at radius 2 is 2.09 bits per heavy atom. The molecular weight excluding hydrogens is 148 g/mol. The second kappa shape index (κ2) is 7.94. The van der Waals surface area contributed by atoms with E-state index in [9.17, 15) is 0 Å². The Kier molecular flexibility index (Phi) is 7.83. The molecule has 0 rings (SSSR count). The summed E-state index contributed by atoms with van der Waals surface area (Å²) in [5.41, 5.74) is 0. The van der Waals surface area contributed by atoms with Gasteiger partial charge >= 0.3 is 0 Å². The Morgan fingerprint density at radius 3 is 2.64 bits per heavy atom. The van der Waals surface area contributed by atoms with E-state index in [1.54, 1.807) is 14.0 Å². The quantitative estimate of drug-likeness (QED) is 0.425. The highest BCUT2D eigenvalue weighted by molar-refractivity contribution is 4.40. The van der Waals surface area contributed by atoms with Gasteiger partial charge in [0.1, 0.15) is 6.79 Å². The van der Waals surface area contributed by atoms with Crippen molar-refractivity contribution in [2.24, 2.45) is 0 Å². The van der Waals surface area contributed by atoms with Gasteiger partial charge in [0.05, 0.1) is 25.9 Å². The lowest BCUT2D eigenvalue weighted by molar-refractivity contribution is -0.103. The van der Waals surface area contributed by atoms with Gasteiger partial charge in [0.15, 0.2) is 0 Å². The maximum Gasteiger partial charge on any atom is 0.147 e. The minimum atomic E-state index is -0.155. The largest absolute Gasteiger partial charge is 0.394 e. The van der Waals surface area contributed by atoms with Crippen LogP contribution in [0.15, 0.2) is 0 Å². The Labute approximate surface area is 67.1 Å². The van der Waals surface area contributed by atoms with Crippen molar-refractivity contribution in [3.05, 3.63) is 0 Å². The lowest BCUT2D eigenvalue weighted by Crippen LogP contribution is -2.16. The number of hydrogen-bond donors (Lipinski definition) is 1. The van der Waals surface area contributed by atoms with Crippen molar-refractivity contribution in [3.63, 3.8) is 0 Å². The van der Waals surface area contributed by atoms with Crippen LogP contribution in [-0.2, 0) is 14.2 Å². The van der Waals surface area contributed by atoms with Crippen LogP contribution in [-0.4, -0.2) is 44.9 Å². The fourth-order valence-corrected chi connectivity index (χ4v) is 0.418. The van der Waals surface area contributed by atoms with Gasteiger partial charge in [0.25, 0.3) is 0 Å². The number of ether oxygens (including phenoxy) is 3. The monoisotopic (exact) mass is 164 g/mol. The van der Waals surface area contributed by atoms with Gasteiger partial charge in [-0.2, -0.15) is 0 Å². The van der Waals surface area contributed by atoms with E-state index in [1.807, 2.05) is 0 Å². The molecule has 4 nitrogen and oxygen atoms in total. The van der Waals surface area contributed by atoms with Gasteiger partial charge in [-0.1, -0.05) is 0 Å². The normalized spacial score (nSPS) is 13.4. The lowest BCUT2D eigenvalue weighted by atomic mass is 10.4. The topological polar surface area (TPSA) is 47.9 Å². The molecule has 0 heterocycles.